The maximum Gasteiger partial charge on any atom is 0.276 e. The van der Waals surface area contributed by atoms with Gasteiger partial charge in [-0.2, -0.15) is 0 Å². The van der Waals surface area contributed by atoms with E-state index in [1.807, 2.05) is 18.2 Å². The molecule has 0 atom stereocenters. The van der Waals surface area contributed by atoms with Crippen molar-refractivity contribution in [1.82, 2.24) is 4.98 Å². The van der Waals surface area contributed by atoms with Crippen LogP contribution in [-0.2, 0) is 6.42 Å². The average Bonchev–Trinajstić information content (AvgIpc) is 3.11. The Balaban J connectivity index is 2.16. The summed E-state index contributed by atoms with van der Waals surface area (Å²) in [5.74, 6) is -0.121. The number of hydrogen-bond acceptors (Lipinski definition) is 3. The monoisotopic (exact) mass is 334 g/mol. The van der Waals surface area contributed by atoms with Crippen LogP contribution in [0.4, 0.5) is 5.69 Å². The number of carbonyl (C=O) groups excluding carboxylic acids is 1. The molecule has 0 unspecified atom stereocenters. The van der Waals surface area contributed by atoms with Gasteiger partial charge in [0, 0.05) is 40.6 Å². The van der Waals surface area contributed by atoms with E-state index >= 15 is 0 Å². The molecule has 0 fully saturated rings. The van der Waals surface area contributed by atoms with E-state index in [9.17, 15) is 14.9 Å². The molecule has 5 heteroatoms. The lowest BCUT2D eigenvalue weighted by Crippen LogP contribution is -2.10. The van der Waals surface area contributed by atoms with Gasteiger partial charge in [-0.05, 0) is 37.6 Å². The lowest BCUT2D eigenvalue weighted by atomic mass is 9.90. The Morgan fingerprint density at radius 3 is 2.44 bits per heavy atom. The Bertz CT molecular complexity index is 929. The Morgan fingerprint density at radius 2 is 1.84 bits per heavy atom. The molecular weight excluding hydrogens is 316 g/mol. The summed E-state index contributed by atoms with van der Waals surface area (Å²) < 4.78 is 0. The van der Waals surface area contributed by atoms with Gasteiger partial charge in [-0.15, -0.1) is 0 Å². The predicted molar refractivity (Wildman–Crippen MR) is 96.0 cm³/mol. The first-order valence-electron chi connectivity index (χ1n) is 7.98. The summed E-state index contributed by atoms with van der Waals surface area (Å²) in [5, 5.41) is 11.6. The zero-order chi connectivity index (χ0) is 18.0. The topological polar surface area (TPSA) is 76.0 Å². The van der Waals surface area contributed by atoms with Crippen molar-refractivity contribution in [2.45, 2.75) is 20.3 Å². The molecule has 2 aromatic carbocycles. The fourth-order valence-electron chi connectivity index (χ4n) is 3.09. The number of nitro groups is 1. The number of rotatable bonds is 5. The molecule has 25 heavy (non-hydrogen) atoms. The van der Waals surface area contributed by atoms with Gasteiger partial charge in [0.1, 0.15) is 0 Å². The number of ketones is 1. The third-order valence-electron chi connectivity index (χ3n) is 4.37. The second-order valence-corrected chi connectivity index (χ2v) is 6.02. The minimum absolute atomic E-state index is 0.0803. The van der Waals surface area contributed by atoms with Crippen LogP contribution in [0.2, 0.25) is 0 Å². The molecule has 0 radical (unpaired) electrons. The van der Waals surface area contributed by atoms with E-state index in [0.29, 0.717) is 34.2 Å². The number of benzene rings is 2. The molecule has 0 aliphatic carbocycles. The summed E-state index contributed by atoms with van der Waals surface area (Å²) >= 11 is 0. The number of nitrogens with one attached hydrogen (secondary N) is 1. The molecule has 1 aromatic heterocycles. The van der Waals surface area contributed by atoms with Crippen LogP contribution in [0.25, 0.3) is 0 Å². The number of H-pyrrole nitrogens is 1. The third-order valence-corrected chi connectivity index (χ3v) is 4.37. The molecule has 1 heterocycles. The van der Waals surface area contributed by atoms with E-state index in [1.165, 1.54) is 0 Å². The second-order valence-electron chi connectivity index (χ2n) is 6.02. The zero-order valence-corrected chi connectivity index (χ0v) is 14.1. The van der Waals surface area contributed by atoms with Crippen molar-refractivity contribution in [2.24, 2.45) is 0 Å². The third kappa shape index (κ3) is 3.21. The van der Waals surface area contributed by atoms with E-state index < -0.39 is 0 Å². The van der Waals surface area contributed by atoms with Crippen molar-refractivity contribution in [3.8, 4) is 0 Å². The number of nitro benzene ring substituents is 1. The van der Waals surface area contributed by atoms with Crippen molar-refractivity contribution < 1.29 is 9.72 Å². The first-order chi connectivity index (χ1) is 12.0. The van der Waals surface area contributed by atoms with Gasteiger partial charge >= 0.3 is 0 Å². The van der Waals surface area contributed by atoms with Gasteiger partial charge in [0.15, 0.2) is 5.78 Å². The highest BCUT2D eigenvalue weighted by atomic mass is 16.6. The van der Waals surface area contributed by atoms with Crippen molar-refractivity contribution in [1.29, 1.82) is 0 Å². The zero-order valence-electron chi connectivity index (χ0n) is 14.1. The smallest absolute Gasteiger partial charge is 0.276 e. The highest BCUT2D eigenvalue weighted by Crippen LogP contribution is 2.32. The molecule has 0 amide bonds. The Labute approximate surface area is 145 Å². The summed E-state index contributed by atoms with van der Waals surface area (Å²) in [6, 6.07) is 14.3. The maximum atomic E-state index is 12.9. The molecule has 0 saturated heterocycles. The van der Waals surface area contributed by atoms with Gasteiger partial charge < -0.3 is 4.98 Å². The van der Waals surface area contributed by atoms with E-state index in [-0.39, 0.29) is 16.4 Å². The molecule has 0 spiro atoms. The quantitative estimate of drug-likeness (QED) is 0.428. The van der Waals surface area contributed by atoms with E-state index in [2.05, 4.69) is 4.98 Å². The normalized spacial score (nSPS) is 10.6. The molecule has 0 saturated carbocycles. The summed E-state index contributed by atoms with van der Waals surface area (Å²) in [5.41, 5.74) is 3.76. The van der Waals surface area contributed by atoms with Crippen molar-refractivity contribution in [2.75, 3.05) is 0 Å². The molecule has 1 N–H and O–H groups in total. The standard InChI is InChI=1S/C20H18N2O3/c1-13-11-18(20(23)15-7-4-3-5-8-15)14(2)17(19(13)22(24)25)12-16-9-6-10-21-16/h3-11,21H,12H2,1-2H3. The first-order valence-corrected chi connectivity index (χ1v) is 7.98. The van der Waals surface area contributed by atoms with Crippen LogP contribution in [0.15, 0.2) is 54.7 Å². The first kappa shape index (κ1) is 16.6. The summed E-state index contributed by atoms with van der Waals surface area (Å²) in [4.78, 5) is 27.2. The summed E-state index contributed by atoms with van der Waals surface area (Å²) in [6.45, 7) is 3.46. The van der Waals surface area contributed by atoms with Crippen LogP contribution in [0.5, 0.6) is 0 Å². The predicted octanol–water partition coefficient (Wildman–Crippen LogP) is 4.36. The Morgan fingerprint density at radius 1 is 1.12 bits per heavy atom. The molecule has 5 nitrogen and oxygen atoms in total. The summed E-state index contributed by atoms with van der Waals surface area (Å²) in [7, 11) is 0. The molecular formula is C20H18N2O3. The minimum atomic E-state index is -0.364. The highest BCUT2D eigenvalue weighted by molar-refractivity contribution is 6.10. The van der Waals surface area contributed by atoms with E-state index in [4.69, 9.17) is 0 Å². The lowest BCUT2D eigenvalue weighted by Gasteiger charge is -2.13. The molecule has 3 aromatic rings. The molecule has 0 bridgehead atoms. The lowest BCUT2D eigenvalue weighted by molar-refractivity contribution is -0.386. The summed E-state index contributed by atoms with van der Waals surface area (Å²) in [6.07, 6.45) is 2.16. The highest BCUT2D eigenvalue weighted by Gasteiger charge is 2.25. The number of aromatic nitrogens is 1. The fourth-order valence-corrected chi connectivity index (χ4v) is 3.09. The SMILES string of the molecule is Cc1cc(C(=O)c2ccccc2)c(C)c(Cc2ccc[nH]2)c1[N+](=O)[O-]. The van der Waals surface area contributed by atoms with Crippen molar-refractivity contribution in [3.05, 3.63) is 98.4 Å². The van der Waals surface area contributed by atoms with Crippen LogP contribution in [0, 0.1) is 24.0 Å². The van der Waals surface area contributed by atoms with Crippen LogP contribution in [0.3, 0.4) is 0 Å². The minimum Gasteiger partial charge on any atom is -0.365 e. The van der Waals surface area contributed by atoms with Crippen molar-refractivity contribution >= 4 is 11.5 Å². The van der Waals surface area contributed by atoms with Gasteiger partial charge in [-0.3, -0.25) is 14.9 Å². The van der Waals surface area contributed by atoms with Crippen molar-refractivity contribution in [3.63, 3.8) is 0 Å². The largest absolute Gasteiger partial charge is 0.365 e. The second kappa shape index (κ2) is 6.73. The Hall–Kier alpha value is -3.21. The van der Waals surface area contributed by atoms with Gasteiger partial charge in [0.25, 0.3) is 5.69 Å². The van der Waals surface area contributed by atoms with Gasteiger partial charge in [0.2, 0.25) is 0 Å². The molecule has 126 valence electrons. The number of carbonyl (C=O) groups is 1. The number of aromatic amines is 1. The van der Waals surface area contributed by atoms with Crippen LogP contribution in [0.1, 0.15) is 38.3 Å². The van der Waals surface area contributed by atoms with Gasteiger partial charge in [-0.25, -0.2) is 0 Å². The van der Waals surface area contributed by atoms with Gasteiger partial charge in [0.05, 0.1) is 4.92 Å². The number of hydrogen-bond donors (Lipinski definition) is 1. The average molecular weight is 334 g/mol. The fraction of sp³-hybridized carbons (Fsp3) is 0.150. The van der Waals surface area contributed by atoms with Crippen LogP contribution < -0.4 is 0 Å². The van der Waals surface area contributed by atoms with E-state index in [1.54, 1.807) is 50.4 Å². The molecule has 3 rings (SSSR count). The molecule has 0 aliphatic rings. The van der Waals surface area contributed by atoms with Crippen LogP contribution in [-0.4, -0.2) is 15.7 Å². The van der Waals surface area contributed by atoms with E-state index in [0.717, 1.165) is 5.69 Å². The number of aryl methyl sites for hydroxylation is 1. The molecule has 0 aliphatic heterocycles. The van der Waals surface area contributed by atoms with Crippen LogP contribution >= 0.6 is 0 Å². The van der Waals surface area contributed by atoms with Gasteiger partial charge in [-0.1, -0.05) is 30.3 Å². The Kier molecular flexibility index (Phi) is 4.48. The maximum absolute atomic E-state index is 12.9. The number of nitrogens with zero attached hydrogens (tertiary/aromatic N) is 1.